The summed E-state index contributed by atoms with van der Waals surface area (Å²) in [7, 11) is 0. The quantitative estimate of drug-likeness (QED) is 0.668. The Hall–Kier alpha value is -0.610. The fourth-order valence-corrected chi connectivity index (χ4v) is 2.32. The topological polar surface area (TPSA) is 58.6 Å². The van der Waals surface area contributed by atoms with E-state index in [2.05, 4.69) is 5.32 Å². The van der Waals surface area contributed by atoms with Gasteiger partial charge in [0, 0.05) is 13.0 Å². The third-order valence-corrected chi connectivity index (χ3v) is 3.34. The molecule has 0 aromatic heterocycles. The van der Waals surface area contributed by atoms with Crippen molar-refractivity contribution >= 4 is 5.91 Å². The average molecular weight is 243 g/mol. The van der Waals surface area contributed by atoms with Crippen molar-refractivity contribution in [2.45, 2.75) is 57.4 Å². The lowest BCUT2D eigenvalue weighted by molar-refractivity contribution is -0.125. The van der Waals surface area contributed by atoms with E-state index in [9.17, 15) is 9.90 Å². The Bertz CT molecular complexity index is 225. The minimum atomic E-state index is -0.361. The van der Waals surface area contributed by atoms with Crippen molar-refractivity contribution in [3.05, 3.63) is 0 Å². The van der Waals surface area contributed by atoms with Crippen LogP contribution in [0.4, 0.5) is 0 Å². The van der Waals surface area contributed by atoms with Crippen LogP contribution in [0, 0.1) is 0 Å². The highest BCUT2D eigenvalue weighted by molar-refractivity contribution is 5.76. The Balaban J connectivity index is 2.27. The largest absolute Gasteiger partial charge is 0.394 e. The second-order valence-electron chi connectivity index (χ2n) is 4.91. The van der Waals surface area contributed by atoms with Gasteiger partial charge in [0.15, 0.2) is 0 Å². The van der Waals surface area contributed by atoms with E-state index in [4.69, 9.17) is 4.74 Å². The van der Waals surface area contributed by atoms with Gasteiger partial charge in [0.05, 0.1) is 18.8 Å². The van der Waals surface area contributed by atoms with Crippen molar-refractivity contribution in [3.63, 3.8) is 0 Å². The van der Waals surface area contributed by atoms with Crippen LogP contribution in [0.1, 0.15) is 51.9 Å². The normalized spacial score (nSPS) is 18.9. The van der Waals surface area contributed by atoms with Gasteiger partial charge in [-0.15, -0.1) is 0 Å². The molecule has 100 valence electrons. The summed E-state index contributed by atoms with van der Waals surface area (Å²) in [4.78, 5) is 11.7. The first-order valence-electron chi connectivity index (χ1n) is 6.72. The van der Waals surface area contributed by atoms with Crippen molar-refractivity contribution in [1.29, 1.82) is 0 Å². The zero-order valence-corrected chi connectivity index (χ0v) is 10.8. The van der Waals surface area contributed by atoms with Crippen LogP contribution in [-0.4, -0.2) is 36.4 Å². The number of aliphatic hydroxyl groups excluding tert-OH is 1. The number of rotatable bonds is 7. The van der Waals surface area contributed by atoms with Crippen molar-refractivity contribution in [1.82, 2.24) is 5.32 Å². The zero-order chi connectivity index (χ0) is 12.6. The molecule has 0 unspecified atom stereocenters. The zero-order valence-electron chi connectivity index (χ0n) is 10.8. The van der Waals surface area contributed by atoms with E-state index in [1.165, 1.54) is 6.42 Å². The van der Waals surface area contributed by atoms with E-state index in [0.717, 1.165) is 32.1 Å². The Labute approximate surface area is 104 Å². The summed E-state index contributed by atoms with van der Waals surface area (Å²) in [6.45, 7) is 3.27. The molecule has 0 bridgehead atoms. The Morgan fingerprint density at radius 1 is 1.29 bits per heavy atom. The third kappa shape index (κ3) is 5.04. The highest BCUT2D eigenvalue weighted by Crippen LogP contribution is 2.27. The summed E-state index contributed by atoms with van der Waals surface area (Å²) in [5.74, 6) is -0.00273. The Morgan fingerprint density at radius 2 is 2.00 bits per heavy atom. The van der Waals surface area contributed by atoms with Crippen LogP contribution in [-0.2, 0) is 9.53 Å². The average Bonchev–Trinajstić information content (AvgIpc) is 2.36. The molecule has 1 rings (SSSR count). The van der Waals surface area contributed by atoms with Crippen LogP contribution in [0.3, 0.4) is 0 Å². The molecule has 0 aromatic rings. The summed E-state index contributed by atoms with van der Waals surface area (Å²) in [6.07, 6.45) is 6.54. The lowest BCUT2D eigenvalue weighted by Gasteiger charge is -2.36. The first-order chi connectivity index (χ1) is 8.22. The molecule has 0 saturated heterocycles. The van der Waals surface area contributed by atoms with E-state index >= 15 is 0 Å². The SMILES string of the molecule is CCCOCCC(=O)NC1(CO)CCCCC1. The highest BCUT2D eigenvalue weighted by atomic mass is 16.5. The number of nitrogens with one attached hydrogen (secondary N) is 1. The fourth-order valence-electron chi connectivity index (χ4n) is 2.32. The van der Waals surface area contributed by atoms with Gasteiger partial charge in [-0.3, -0.25) is 4.79 Å². The van der Waals surface area contributed by atoms with Crippen LogP contribution in [0.5, 0.6) is 0 Å². The summed E-state index contributed by atoms with van der Waals surface area (Å²) in [5, 5.41) is 12.4. The molecule has 4 heteroatoms. The fraction of sp³-hybridized carbons (Fsp3) is 0.923. The van der Waals surface area contributed by atoms with Gasteiger partial charge in [-0.05, 0) is 19.3 Å². The molecule has 0 aromatic carbocycles. The van der Waals surface area contributed by atoms with Gasteiger partial charge in [0.25, 0.3) is 0 Å². The van der Waals surface area contributed by atoms with Gasteiger partial charge in [0.2, 0.25) is 5.91 Å². The molecular formula is C13H25NO3. The van der Waals surface area contributed by atoms with Crippen molar-refractivity contribution in [2.24, 2.45) is 0 Å². The van der Waals surface area contributed by atoms with Crippen LogP contribution in [0.15, 0.2) is 0 Å². The van der Waals surface area contributed by atoms with Gasteiger partial charge in [-0.25, -0.2) is 0 Å². The van der Waals surface area contributed by atoms with Gasteiger partial charge in [-0.2, -0.15) is 0 Å². The monoisotopic (exact) mass is 243 g/mol. The number of hydrogen-bond donors (Lipinski definition) is 2. The summed E-state index contributed by atoms with van der Waals surface area (Å²) in [6, 6.07) is 0. The molecule has 0 spiro atoms. The van der Waals surface area contributed by atoms with E-state index in [1.807, 2.05) is 6.92 Å². The maximum Gasteiger partial charge on any atom is 0.222 e. The van der Waals surface area contributed by atoms with Gasteiger partial charge < -0.3 is 15.2 Å². The summed E-state index contributed by atoms with van der Waals surface area (Å²) < 4.78 is 5.29. The number of carbonyl (C=O) groups excluding carboxylic acids is 1. The van der Waals surface area contributed by atoms with Crippen LogP contribution in [0.2, 0.25) is 0 Å². The molecule has 4 nitrogen and oxygen atoms in total. The number of carbonyl (C=O) groups is 1. The van der Waals surface area contributed by atoms with Gasteiger partial charge in [0.1, 0.15) is 0 Å². The second kappa shape index (κ2) is 7.67. The maximum atomic E-state index is 11.7. The van der Waals surface area contributed by atoms with Crippen molar-refractivity contribution in [3.8, 4) is 0 Å². The maximum absolute atomic E-state index is 11.7. The number of hydrogen-bond acceptors (Lipinski definition) is 3. The van der Waals surface area contributed by atoms with Crippen molar-refractivity contribution < 1.29 is 14.6 Å². The molecule has 1 fully saturated rings. The molecular weight excluding hydrogens is 218 g/mol. The lowest BCUT2D eigenvalue weighted by Crippen LogP contribution is -2.52. The Morgan fingerprint density at radius 3 is 2.59 bits per heavy atom. The molecule has 0 atom stereocenters. The predicted molar refractivity (Wildman–Crippen MR) is 66.8 cm³/mol. The van der Waals surface area contributed by atoms with E-state index in [0.29, 0.717) is 19.6 Å². The number of ether oxygens (including phenoxy) is 1. The van der Waals surface area contributed by atoms with Gasteiger partial charge >= 0.3 is 0 Å². The molecule has 2 N–H and O–H groups in total. The molecule has 1 saturated carbocycles. The third-order valence-electron chi connectivity index (χ3n) is 3.34. The number of aliphatic hydroxyl groups is 1. The van der Waals surface area contributed by atoms with E-state index in [-0.39, 0.29) is 18.1 Å². The summed E-state index contributed by atoms with van der Waals surface area (Å²) in [5.41, 5.74) is -0.361. The number of amides is 1. The van der Waals surface area contributed by atoms with Crippen LogP contribution < -0.4 is 5.32 Å². The molecule has 0 radical (unpaired) electrons. The standard InChI is InChI=1S/C13H25NO3/c1-2-9-17-10-6-12(16)14-13(11-15)7-4-3-5-8-13/h15H,2-11H2,1H3,(H,14,16). The molecule has 0 heterocycles. The van der Waals surface area contributed by atoms with E-state index in [1.54, 1.807) is 0 Å². The Kier molecular flexibility index (Phi) is 6.52. The second-order valence-corrected chi connectivity index (χ2v) is 4.91. The first kappa shape index (κ1) is 14.5. The summed E-state index contributed by atoms with van der Waals surface area (Å²) >= 11 is 0. The highest BCUT2D eigenvalue weighted by Gasteiger charge is 2.32. The minimum absolute atomic E-state index is 0.00273. The lowest BCUT2D eigenvalue weighted by atomic mass is 9.82. The van der Waals surface area contributed by atoms with Crippen LogP contribution >= 0.6 is 0 Å². The van der Waals surface area contributed by atoms with Gasteiger partial charge in [-0.1, -0.05) is 26.2 Å². The van der Waals surface area contributed by atoms with Crippen molar-refractivity contribution in [2.75, 3.05) is 19.8 Å². The van der Waals surface area contributed by atoms with Crippen LogP contribution in [0.25, 0.3) is 0 Å². The molecule has 17 heavy (non-hydrogen) atoms. The molecule has 1 aliphatic rings. The minimum Gasteiger partial charge on any atom is -0.394 e. The molecule has 0 aliphatic heterocycles. The smallest absolute Gasteiger partial charge is 0.222 e. The predicted octanol–water partition coefficient (Wildman–Crippen LogP) is 1.61. The molecule has 1 amide bonds. The van der Waals surface area contributed by atoms with E-state index < -0.39 is 0 Å². The first-order valence-corrected chi connectivity index (χ1v) is 6.72. The molecule has 1 aliphatic carbocycles.